The summed E-state index contributed by atoms with van der Waals surface area (Å²) in [7, 11) is 0. The Balaban J connectivity index is 1.32. The van der Waals surface area contributed by atoms with Crippen LogP contribution in [0.3, 0.4) is 0 Å². The number of hydrogen-bond acceptors (Lipinski definition) is 3. The molecule has 180 valence electrons. The summed E-state index contributed by atoms with van der Waals surface area (Å²) in [4.78, 5) is 31.2. The van der Waals surface area contributed by atoms with Crippen molar-refractivity contribution in [3.05, 3.63) is 88.7 Å². The van der Waals surface area contributed by atoms with E-state index >= 15 is 0 Å². The van der Waals surface area contributed by atoms with Gasteiger partial charge >= 0.3 is 6.03 Å². The number of thiophene rings is 1. The van der Waals surface area contributed by atoms with Gasteiger partial charge in [0.2, 0.25) is 0 Å². The van der Waals surface area contributed by atoms with Gasteiger partial charge in [-0.1, -0.05) is 30.3 Å². The quantitative estimate of drug-likeness (QED) is 0.406. The minimum absolute atomic E-state index is 0.0543. The average Bonchev–Trinajstić information content (AvgIpc) is 3.44. The molecule has 5 rings (SSSR count). The van der Waals surface area contributed by atoms with Crippen LogP contribution in [0, 0.1) is 12.7 Å². The molecule has 3 heterocycles. The highest BCUT2D eigenvalue weighted by atomic mass is 32.1. The van der Waals surface area contributed by atoms with E-state index in [2.05, 4.69) is 5.32 Å². The fourth-order valence-corrected chi connectivity index (χ4v) is 5.48. The Hall–Kier alpha value is -3.65. The van der Waals surface area contributed by atoms with Crippen LogP contribution < -0.4 is 5.32 Å². The van der Waals surface area contributed by atoms with Crippen molar-refractivity contribution in [3.63, 3.8) is 0 Å². The summed E-state index contributed by atoms with van der Waals surface area (Å²) in [6.07, 6.45) is 0. The van der Waals surface area contributed by atoms with Crippen molar-refractivity contribution >= 4 is 39.2 Å². The SMILES string of the molecule is Cc1ccccc1NC(=O)N1CCN(C(=O)c2cc3ccsc3n2Cc2ccc(F)cc2)C[C@H]1C. The molecule has 1 fully saturated rings. The molecule has 35 heavy (non-hydrogen) atoms. The number of carbonyl (C=O) groups is 2. The number of fused-ring (bicyclic) bond motifs is 1. The first-order chi connectivity index (χ1) is 16.9. The van der Waals surface area contributed by atoms with Gasteiger partial charge in [0.25, 0.3) is 5.91 Å². The van der Waals surface area contributed by atoms with Gasteiger partial charge in [-0.2, -0.15) is 0 Å². The van der Waals surface area contributed by atoms with Crippen LogP contribution in [0.2, 0.25) is 0 Å². The smallest absolute Gasteiger partial charge is 0.322 e. The topological polar surface area (TPSA) is 57.6 Å². The van der Waals surface area contributed by atoms with E-state index in [-0.39, 0.29) is 23.8 Å². The average molecular weight is 491 g/mol. The summed E-state index contributed by atoms with van der Waals surface area (Å²) < 4.78 is 15.4. The Morgan fingerprint density at radius 3 is 2.60 bits per heavy atom. The molecule has 1 aliphatic heterocycles. The second-order valence-electron chi connectivity index (χ2n) is 8.96. The molecule has 0 radical (unpaired) electrons. The van der Waals surface area contributed by atoms with Gasteiger partial charge in [0.1, 0.15) is 16.3 Å². The molecule has 0 spiro atoms. The number of amides is 3. The van der Waals surface area contributed by atoms with Gasteiger partial charge in [0.05, 0.1) is 0 Å². The van der Waals surface area contributed by atoms with E-state index < -0.39 is 0 Å². The highest BCUT2D eigenvalue weighted by Crippen LogP contribution is 2.28. The summed E-state index contributed by atoms with van der Waals surface area (Å²) in [5, 5.41) is 6.02. The normalized spacial score (nSPS) is 16.0. The third kappa shape index (κ3) is 4.66. The number of nitrogens with one attached hydrogen (secondary N) is 1. The van der Waals surface area contributed by atoms with Gasteiger partial charge in [0.15, 0.2) is 0 Å². The Kier molecular flexibility index (Phi) is 6.30. The number of piperazine rings is 1. The van der Waals surface area contributed by atoms with Gasteiger partial charge < -0.3 is 19.7 Å². The van der Waals surface area contributed by atoms with E-state index in [9.17, 15) is 14.0 Å². The third-order valence-electron chi connectivity index (χ3n) is 6.54. The zero-order valence-corrected chi connectivity index (χ0v) is 20.5. The van der Waals surface area contributed by atoms with E-state index in [1.54, 1.807) is 28.4 Å². The molecule has 1 aliphatic rings. The van der Waals surface area contributed by atoms with Crippen molar-refractivity contribution in [2.45, 2.75) is 26.4 Å². The van der Waals surface area contributed by atoms with E-state index in [0.29, 0.717) is 31.9 Å². The molecule has 6 nitrogen and oxygen atoms in total. The monoisotopic (exact) mass is 490 g/mol. The number of hydrogen-bond donors (Lipinski definition) is 1. The number of rotatable bonds is 4. The van der Waals surface area contributed by atoms with Crippen LogP contribution in [0.15, 0.2) is 66.0 Å². The van der Waals surface area contributed by atoms with Crippen LogP contribution in [0.4, 0.5) is 14.9 Å². The predicted molar refractivity (Wildman–Crippen MR) is 138 cm³/mol. The highest BCUT2D eigenvalue weighted by molar-refractivity contribution is 7.16. The van der Waals surface area contributed by atoms with Crippen molar-refractivity contribution in [3.8, 4) is 0 Å². The number of nitrogens with zero attached hydrogens (tertiary/aromatic N) is 3. The molecule has 0 bridgehead atoms. The van der Waals surface area contributed by atoms with Gasteiger partial charge in [-0.25, -0.2) is 9.18 Å². The number of carbonyl (C=O) groups excluding carboxylic acids is 2. The zero-order valence-electron chi connectivity index (χ0n) is 19.7. The van der Waals surface area contributed by atoms with Crippen LogP contribution in [0.5, 0.6) is 0 Å². The standard InChI is InChI=1S/C27H27FN4O2S/c1-18-5-3-4-6-23(18)29-27(34)31-13-12-30(16-19(31)2)25(33)24-15-21-11-14-35-26(21)32(24)17-20-7-9-22(28)10-8-20/h3-11,14-15,19H,12-13,16-17H2,1-2H3,(H,29,34)/t19-/m1/s1. The molecule has 3 amide bonds. The minimum Gasteiger partial charge on any atom is -0.334 e. The van der Waals surface area contributed by atoms with E-state index in [1.165, 1.54) is 12.1 Å². The summed E-state index contributed by atoms with van der Waals surface area (Å²) in [5.41, 5.74) is 3.34. The summed E-state index contributed by atoms with van der Waals surface area (Å²) in [6, 6.07) is 17.7. The van der Waals surface area contributed by atoms with Crippen molar-refractivity contribution in [1.82, 2.24) is 14.4 Å². The maximum absolute atomic E-state index is 13.6. The predicted octanol–water partition coefficient (Wildman–Crippen LogP) is 5.58. The van der Waals surface area contributed by atoms with Gasteiger partial charge in [0, 0.05) is 43.3 Å². The Morgan fingerprint density at radius 1 is 1.09 bits per heavy atom. The lowest BCUT2D eigenvalue weighted by Crippen LogP contribution is -2.56. The second kappa shape index (κ2) is 9.54. The van der Waals surface area contributed by atoms with Crippen molar-refractivity contribution < 1.29 is 14.0 Å². The number of urea groups is 1. The zero-order chi connectivity index (χ0) is 24.5. The molecular weight excluding hydrogens is 463 g/mol. The lowest BCUT2D eigenvalue weighted by molar-refractivity contribution is 0.0583. The maximum atomic E-state index is 13.6. The molecule has 8 heteroatoms. The van der Waals surface area contributed by atoms with Crippen molar-refractivity contribution in [2.75, 3.05) is 25.0 Å². The summed E-state index contributed by atoms with van der Waals surface area (Å²) in [6.45, 7) is 5.78. The Morgan fingerprint density at radius 2 is 1.86 bits per heavy atom. The van der Waals surface area contributed by atoms with Crippen molar-refractivity contribution in [2.24, 2.45) is 0 Å². The van der Waals surface area contributed by atoms with E-state index in [4.69, 9.17) is 0 Å². The van der Waals surface area contributed by atoms with E-state index in [1.807, 2.05) is 65.1 Å². The van der Waals surface area contributed by atoms with Crippen LogP contribution in [-0.4, -0.2) is 52.0 Å². The molecule has 2 aromatic carbocycles. The molecule has 2 aromatic heterocycles. The first kappa shape index (κ1) is 23.1. The lowest BCUT2D eigenvalue weighted by atomic mass is 10.1. The van der Waals surface area contributed by atoms with E-state index in [0.717, 1.165) is 27.0 Å². The van der Waals surface area contributed by atoms with Crippen LogP contribution >= 0.6 is 11.3 Å². The van der Waals surface area contributed by atoms with Crippen LogP contribution in [0.25, 0.3) is 10.2 Å². The van der Waals surface area contributed by atoms with Gasteiger partial charge in [-0.15, -0.1) is 11.3 Å². The lowest BCUT2D eigenvalue weighted by Gasteiger charge is -2.39. The number of aryl methyl sites for hydroxylation is 1. The molecule has 0 unspecified atom stereocenters. The number of benzene rings is 2. The number of aromatic nitrogens is 1. The summed E-state index contributed by atoms with van der Waals surface area (Å²) in [5.74, 6) is -0.335. The fraction of sp³-hybridized carbons (Fsp3) is 0.259. The molecule has 0 aliphatic carbocycles. The maximum Gasteiger partial charge on any atom is 0.322 e. The largest absolute Gasteiger partial charge is 0.334 e. The van der Waals surface area contributed by atoms with Crippen LogP contribution in [-0.2, 0) is 6.54 Å². The van der Waals surface area contributed by atoms with Crippen molar-refractivity contribution in [1.29, 1.82) is 0 Å². The third-order valence-corrected chi connectivity index (χ3v) is 7.49. The first-order valence-electron chi connectivity index (χ1n) is 11.6. The second-order valence-corrected chi connectivity index (χ2v) is 9.86. The Labute approximate surface area is 207 Å². The molecule has 0 saturated carbocycles. The minimum atomic E-state index is -0.280. The number of halogens is 1. The molecule has 4 aromatic rings. The summed E-state index contributed by atoms with van der Waals surface area (Å²) >= 11 is 1.59. The molecule has 1 saturated heterocycles. The van der Waals surface area contributed by atoms with Gasteiger partial charge in [-0.3, -0.25) is 4.79 Å². The molecular formula is C27H27FN4O2S. The van der Waals surface area contributed by atoms with Crippen LogP contribution in [0.1, 0.15) is 28.5 Å². The van der Waals surface area contributed by atoms with Gasteiger partial charge in [-0.05, 0) is 60.7 Å². The Bertz CT molecular complexity index is 1380. The number of para-hydroxylation sites is 1. The first-order valence-corrected chi connectivity index (χ1v) is 12.5. The molecule has 1 N–H and O–H groups in total. The fourth-order valence-electron chi connectivity index (χ4n) is 4.59. The number of anilines is 1. The molecule has 1 atom stereocenters. The highest BCUT2D eigenvalue weighted by Gasteiger charge is 2.32.